The number of rotatable bonds is 8. The van der Waals surface area contributed by atoms with Crippen LogP contribution in [0, 0.1) is 11.8 Å². The summed E-state index contributed by atoms with van der Waals surface area (Å²) < 4.78 is 10.5. The highest BCUT2D eigenvalue weighted by Gasteiger charge is 2.27. The Balaban J connectivity index is 2.08. The van der Waals surface area contributed by atoms with E-state index in [9.17, 15) is 4.79 Å². The van der Waals surface area contributed by atoms with Crippen LogP contribution in [0.5, 0.6) is 0 Å². The summed E-state index contributed by atoms with van der Waals surface area (Å²) in [5.74, 6) is 0.771. The maximum Gasteiger partial charge on any atom is 0.308 e. The lowest BCUT2D eigenvalue weighted by atomic mass is 9.82. The van der Waals surface area contributed by atoms with Gasteiger partial charge in [-0.2, -0.15) is 0 Å². The molecule has 106 valence electrons. The van der Waals surface area contributed by atoms with Crippen LogP contribution in [-0.4, -0.2) is 39.9 Å². The lowest BCUT2D eigenvalue weighted by Gasteiger charge is -2.26. The lowest BCUT2D eigenvalue weighted by Crippen LogP contribution is -2.25. The standard InChI is InChI=1S/C14H27NO3/c1-15-9-3-4-10-18-14(16)13-7-5-12(6-8-13)11-17-2/h12-13,15H,3-11H2,1-2H3. The molecule has 4 heteroatoms. The number of unbranched alkanes of at least 4 members (excludes halogenated alkanes) is 1. The van der Waals surface area contributed by atoms with Crippen LogP contribution in [0.3, 0.4) is 0 Å². The van der Waals surface area contributed by atoms with Crippen LogP contribution in [0.1, 0.15) is 38.5 Å². The van der Waals surface area contributed by atoms with Crippen molar-refractivity contribution in [3.8, 4) is 0 Å². The molecule has 0 atom stereocenters. The van der Waals surface area contributed by atoms with Gasteiger partial charge < -0.3 is 14.8 Å². The molecule has 1 saturated carbocycles. The Morgan fingerprint density at radius 3 is 2.56 bits per heavy atom. The van der Waals surface area contributed by atoms with E-state index in [-0.39, 0.29) is 11.9 Å². The molecule has 0 bridgehead atoms. The van der Waals surface area contributed by atoms with Crippen LogP contribution in [0.25, 0.3) is 0 Å². The van der Waals surface area contributed by atoms with Gasteiger partial charge in [-0.05, 0) is 58.0 Å². The minimum Gasteiger partial charge on any atom is -0.465 e. The fourth-order valence-electron chi connectivity index (χ4n) is 2.49. The van der Waals surface area contributed by atoms with E-state index >= 15 is 0 Å². The first-order valence-electron chi connectivity index (χ1n) is 7.08. The van der Waals surface area contributed by atoms with Gasteiger partial charge in [-0.3, -0.25) is 4.79 Å². The summed E-state index contributed by atoms with van der Waals surface area (Å²) >= 11 is 0. The summed E-state index contributed by atoms with van der Waals surface area (Å²) in [6, 6.07) is 0. The average molecular weight is 257 g/mol. The molecule has 0 aromatic heterocycles. The molecule has 0 saturated heterocycles. The van der Waals surface area contributed by atoms with Crippen LogP contribution >= 0.6 is 0 Å². The summed E-state index contributed by atoms with van der Waals surface area (Å²) in [7, 11) is 3.68. The van der Waals surface area contributed by atoms with Crippen LogP contribution in [0.2, 0.25) is 0 Å². The molecule has 0 aliphatic heterocycles. The third kappa shape index (κ3) is 5.83. The van der Waals surface area contributed by atoms with Crippen molar-refractivity contribution in [2.75, 3.05) is 33.9 Å². The van der Waals surface area contributed by atoms with E-state index in [1.165, 1.54) is 0 Å². The molecule has 18 heavy (non-hydrogen) atoms. The van der Waals surface area contributed by atoms with Gasteiger partial charge in [0.05, 0.1) is 12.5 Å². The predicted octanol–water partition coefficient (Wildman–Crippen LogP) is 1.98. The molecular formula is C14H27NO3. The summed E-state index contributed by atoms with van der Waals surface area (Å²) in [5.41, 5.74) is 0. The van der Waals surface area contributed by atoms with Crippen LogP contribution < -0.4 is 5.32 Å². The molecule has 0 radical (unpaired) electrons. The van der Waals surface area contributed by atoms with Gasteiger partial charge in [-0.15, -0.1) is 0 Å². The largest absolute Gasteiger partial charge is 0.465 e. The lowest BCUT2D eigenvalue weighted by molar-refractivity contribution is -0.150. The Kier molecular flexibility index (Phi) is 8.01. The highest BCUT2D eigenvalue weighted by atomic mass is 16.5. The Bertz CT molecular complexity index is 225. The molecule has 4 nitrogen and oxygen atoms in total. The van der Waals surface area contributed by atoms with Crippen molar-refractivity contribution in [2.24, 2.45) is 11.8 Å². The molecule has 1 aliphatic rings. The molecule has 0 aromatic carbocycles. The molecule has 1 aliphatic carbocycles. The number of nitrogens with one attached hydrogen (secondary N) is 1. The first-order chi connectivity index (χ1) is 8.77. The smallest absolute Gasteiger partial charge is 0.308 e. The zero-order valence-electron chi connectivity index (χ0n) is 11.7. The van der Waals surface area contributed by atoms with Gasteiger partial charge in [-0.25, -0.2) is 0 Å². The molecule has 0 aromatic rings. The average Bonchev–Trinajstić information content (AvgIpc) is 2.39. The molecule has 0 amide bonds. The fourth-order valence-corrected chi connectivity index (χ4v) is 2.49. The van der Waals surface area contributed by atoms with Crippen molar-refractivity contribution in [1.82, 2.24) is 5.32 Å². The third-order valence-electron chi connectivity index (χ3n) is 3.65. The second-order valence-corrected chi connectivity index (χ2v) is 5.15. The number of ether oxygens (including phenoxy) is 2. The number of carbonyl (C=O) groups excluding carboxylic acids is 1. The van der Waals surface area contributed by atoms with E-state index in [2.05, 4.69) is 5.32 Å². The number of methoxy groups -OCH3 is 1. The van der Waals surface area contributed by atoms with Gasteiger partial charge in [0.2, 0.25) is 0 Å². The number of carbonyl (C=O) groups is 1. The van der Waals surface area contributed by atoms with Gasteiger partial charge in [0.25, 0.3) is 0 Å². The normalized spacial score (nSPS) is 23.9. The Labute approximate surface area is 110 Å². The van der Waals surface area contributed by atoms with Crippen LogP contribution in [0.15, 0.2) is 0 Å². The number of hydrogen-bond acceptors (Lipinski definition) is 4. The van der Waals surface area contributed by atoms with Crippen molar-refractivity contribution in [3.05, 3.63) is 0 Å². The maximum atomic E-state index is 11.8. The summed E-state index contributed by atoms with van der Waals surface area (Å²) in [5, 5.41) is 3.08. The van der Waals surface area contributed by atoms with Gasteiger partial charge in [0.15, 0.2) is 0 Å². The summed E-state index contributed by atoms with van der Waals surface area (Å²) in [6.07, 6.45) is 6.11. The molecule has 1 fully saturated rings. The predicted molar refractivity (Wildman–Crippen MR) is 71.4 cm³/mol. The number of hydrogen-bond donors (Lipinski definition) is 1. The second kappa shape index (κ2) is 9.34. The summed E-state index contributed by atoms with van der Waals surface area (Å²) in [4.78, 5) is 11.8. The van der Waals surface area contributed by atoms with E-state index in [0.717, 1.165) is 51.7 Å². The first kappa shape index (κ1) is 15.4. The van der Waals surface area contributed by atoms with Crippen molar-refractivity contribution in [1.29, 1.82) is 0 Å². The van der Waals surface area contributed by atoms with Crippen LogP contribution in [-0.2, 0) is 14.3 Å². The maximum absolute atomic E-state index is 11.8. The molecule has 1 rings (SSSR count). The SMILES string of the molecule is CNCCCCOC(=O)C1CCC(COC)CC1. The molecule has 0 heterocycles. The van der Waals surface area contributed by atoms with Gasteiger partial charge in [-0.1, -0.05) is 0 Å². The zero-order valence-corrected chi connectivity index (χ0v) is 11.7. The van der Waals surface area contributed by atoms with E-state index in [1.807, 2.05) is 7.05 Å². The minimum atomic E-state index is 0.00956. The second-order valence-electron chi connectivity index (χ2n) is 5.15. The van der Waals surface area contributed by atoms with Crippen LogP contribution in [0.4, 0.5) is 0 Å². The van der Waals surface area contributed by atoms with Crippen molar-refractivity contribution >= 4 is 5.97 Å². The fraction of sp³-hybridized carbons (Fsp3) is 0.929. The van der Waals surface area contributed by atoms with E-state index in [4.69, 9.17) is 9.47 Å². The molecule has 0 unspecified atom stereocenters. The highest BCUT2D eigenvalue weighted by Crippen LogP contribution is 2.29. The quantitative estimate of drug-likeness (QED) is 0.533. The highest BCUT2D eigenvalue weighted by molar-refractivity contribution is 5.72. The van der Waals surface area contributed by atoms with Crippen molar-refractivity contribution in [3.63, 3.8) is 0 Å². The molecule has 0 spiro atoms. The molecule has 1 N–H and O–H groups in total. The van der Waals surface area contributed by atoms with Crippen molar-refractivity contribution in [2.45, 2.75) is 38.5 Å². The van der Waals surface area contributed by atoms with Gasteiger partial charge in [0.1, 0.15) is 0 Å². The zero-order chi connectivity index (χ0) is 13.2. The van der Waals surface area contributed by atoms with Gasteiger partial charge >= 0.3 is 5.97 Å². The summed E-state index contributed by atoms with van der Waals surface area (Å²) in [6.45, 7) is 2.38. The first-order valence-corrected chi connectivity index (χ1v) is 7.08. The number of esters is 1. The Morgan fingerprint density at radius 1 is 1.22 bits per heavy atom. The van der Waals surface area contributed by atoms with E-state index < -0.39 is 0 Å². The van der Waals surface area contributed by atoms with E-state index in [1.54, 1.807) is 7.11 Å². The monoisotopic (exact) mass is 257 g/mol. The van der Waals surface area contributed by atoms with E-state index in [0.29, 0.717) is 12.5 Å². The topological polar surface area (TPSA) is 47.6 Å². The minimum absolute atomic E-state index is 0.00956. The third-order valence-corrected chi connectivity index (χ3v) is 3.65. The van der Waals surface area contributed by atoms with Crippen molar-refractivity contribution < 1.29 is 14.3 Å². The Morgan fingerprint density at radius 2 is 1.94 bits per heavy atom. The molecular weight excluding hydrogens is 230 g/mol. The van der Waals surface area contributed by atoms with Gasteiger partial charge in [0, 0.05) is 13.7 Å². The Hall–Kier alpha value is -0.610.